The van der Waals surface area contributed by atoms with Gasteiger partial charge in [0.05, 0.1) is 41.7 Å². The van der Waals surface area contributed by atoms with Crippen molar-refractivity contribution >= 4 is 29.4 Å². The number of carbonyl (C=O) groups excluding carboxylic acids is 2. The van der Waals surface area contributed by atoms with Gasteiger partial charge < -0.3 is 18.9 Å². The summed E-state index contributed by atoms with van der Waals surface area (Å²) in [6.07, 6.45) is 3.84. The molecule has 0 unspecified atom stereocenters. The van der Waals surface area contributed by atoms with Crippen LogP contribution < -0.4 is 29.1 Å². The molecule has 0 bridgehead atoms. The van der Waals surface area contributed by atoms with E-state index in [1.165, 1.54) is 22.8 Å². The van der Waals surface area contributed by atoms with Crippen LogP contribution in [-0.4, -0.2) is 36.3 Å². The lowest BCUT2D eigenvalue weighted by Gasteiger charge is -2.25. The number of hydrogen-bond acceptors (Lipinski definition) is 9. The highest BCUT2D eigenvalue weighted by atomic mass is 32.1. The van der Waals surface area contributed by atoms with Crippen LogP contribution >= 0.6 is 11.3 Å². The molecule has 0 radical (unpaired) electrons. The van der Waals surface area contributed by atoms with Crippen molar-refractivity contribution in [3.63, 3.8) is 0 Å². The normalized spacial score (nSPS) is 14.8. The monoisotopic (exact) mass is 606 g/mol. The first-order valence-electron chi connectivity index (χ1n) is 14.5. The van der Waals surface area contributed by atoms with Gasteiger partial charge in [-0.3, -0.25) is 14.2 Å². The van der Waals surface area contributed by atoms with Gasteiger partial charge in [-0.05, 0) is 67.7 Å². The number of carbonyl (C=O) groups is 2. The summed E-state index contributed by atoms with van der Waals surface area (Å²) in [6.45, 7) is 12.1. The zero-order valence-electron chi connectivity index (χ0n) is 25.5. The Morgan fingerprint density at radius 3 is 2.47 bits per heavy atom. The van der Waals surface area contributed by atoms with E-state index in [0.29, 0.717) is 39.6 Å². The number of esters is 2. The van der Waals surface area contributed by atoms with E-state index in [4.69, 9.17) is 18.9 Å². The lowest BCUT2D eigenvalue weighted by atomic mass is 9.95. The summed E-state index contributed by atoms with van der Waals surface area (Å²) < 4.78 is 24.5. The van der Waals surface area contributed by atoms with Crippen LogP contribution in [0.25, 0.3) is 6.08 Å². The van der Waals surface area contributed by atoms with Crippen molar-refractivity contribution in [3.05, 3.63) is 84.5 Å². The molecule has 0 amide bonds. The molecule has 2 heterocycles. The van der Waals surface area contributed by atoms with Crippen LogP contribution in [0.4, 0.5) is 0 Å². The Morgan fingerprint density at radius 1 is 1.07 bits per heavy atom. The SMILES string of the molecule is CCCCOc1ccc(/C=c2\sc3n(c2=O)[C@H](c2ccc(OC(C)=O)c(OCC)c2)C(C(=O)OCC(C)C)=C(C)N=3)cc1. The maximum Gasteiger partial charge on any atom is 0.338 e. The fraction of sp³-hybridized carbons (Fsp3) is 0.394. The van der Waals surface area contributed by atoms with Crippen LogP contribution in [0.5, 0.6) is 17.2 Å². The van der Waals surface area contributed by atoms with Crippen LogP contribution in [0.2, 0.25) is 0 Å². The predicted molar refractivity (Wildman–Crippen MR) is 165 cm³/mol. The molecule has 2 aromatic carbocycles. The van der Waals surface area contributed by atoms with Crippen LogP contribution in [0.3, 0.4) is 0 Å². The highest BCUT2D eigenvalue weighted by Crippen LogP contribution is 2.36. The minimum Gasteiger partial charge on any atom is -0.494 e. The standard InChI is InChI=1S/C33H38N2O7S/c1-7-9-16-40-25-13-10-23(11-14-25)17-28-31(37)35-30(24-12-15-26(42-22(6)36)27(18-24)39-8-2)29(21(5)34-33(35)43-28)32(38)41-19-20(3)4/h10-15,17-18,20,30H,7-9,16,19H2,1-6H3/b28-17-/t30-/m1/s1. The minimum atomic E-state index is -0.835. The van der Waals surface area contributed by atoms with E-state index in [2.05, 4.69) is 11.9 Å². The molecule has 43 heavy (non-hydrogen) atoms. The molecule has 228 valence electrons. The predicted octanol–water partition coefficient (Wildman–Crippen LogP) is 4.94. The van der Waals surface area contributed by atoms with Gasteiger partial charge in [0.15, 0.2) is 16.3 Å². The van der Waals surface area contributed by atoms with Crippen LogP contribution in [0.1, 0.15) is 71.6 Å². The molecule has 1 aromatic heterocycles. The summed E-state index contributed by atoms with van der Waals surface area (Å²) in [6, 6.07) is 11.7. The fourth-order valence-electron chi connectivity index (χ4n) is 4.57. The van der Waals surface area contributed by atoms with Crippen molar-refractivity contribution in [2.24, 2.45) is 10.9 Å². The Bertz CT molecular complexity index is 1680. The third-order valence-corrected chi connectivity index (χ3v) is 7.55. The van der Waals surface area contributed by atoms with Crippen molar-refractivity contribution in [2.45, 2.75) is 60.4 Å². The largest absolute Gasteiger partial charge is 0.494 e. The van der Waals surface area contributed by atoms with Crippen molar-refractivity contribution in [3.8, 4) is 17.2 Å². The summed E-state index contributed by atoms with van der Waals surface area (Å²) in [4.78, 5) is 44.3. The Hall–Kier alpha value is -4.18. The summed E-state index contributed by atoms with van der Waals surface area (Å²) >= 11 is 1.25. The second kappa shape index (κ2) is 14.3. The zero-order chi connectivity index (χ0) is 31.1. The average molecular weight is 607 g/mol. The van der Waals surface area contributed by atoms with Gasteiger partial charge >= 0.3 is 11.9 Å². The van der Waals surface area contributed by atoms with E-state index < -0.39 is 18.0 Å². The maximum atomic E-state index is 14.0. The number of thiazole rings is 1. The number of benzene rings is 2. The van der Waals surface area contributed by atoms with E-state index in [0.717, 1.165) is 24.2 Å². The molecule has 10 heteroatoms. The van der Waals surface area contributed by atoms with Gasteiger partial charge in [-0.2, -0.15) is 0 Å². The van der Waals surface area contributed by atoms with Gasteiger partial charge in [-0.25, -0.2) is 9.79 Å². The molecular weight excluding hydrogens is 568 g/mol. The molecule has 4 rings (SSSR count). The molecule has 0 saturated heterocycles. The smallest absolute Gasteiger partial charge is 0.338 e. The minimum absolute atomic E-state index is 0.125. The molecule has 0 saturated carbocycles. The van der Waals surface area contributed by atoms with Crippen LogP contribution in [-0.2, 0) is 14.3 Å². The number of nitrogens with zero attached hydrogens (tertiary/aromatic N) is 2. The Kier molecular flexibility index (Phi) is 10.6. The van der Waals surface area contributed by atoms with Gasteiger partial charge in [-0.15, -0.1) is 0 Å². The summed E-state index contributed by atoms with van der Waals surface area (Å²) in [7, 11) is 0. The highest BCUT2D eigenvalue weighted by molar-refractivity contribution is 7.07. The molecule has 0 spiro atoms. The van der Waals surface area contributed by atoms with E-state index in [1.54, 1.807) is 25.1 Å². The maximum absolute atomic E-state index is 14.0. The summed E-state index contributed by atoms with van der Waals surface area (Å²) in [5.74, 6) is 0.432. The number of allylic oxidation sites excluding steroid dienone is 1. The van der Waals surface area contributed by atoms with Crippen molar-refractivity contribution in [2.75, 3.05) is 19.8 Å². The molecule has 9 nitrogen and oxygen atoms in total. The van der Waals surface area contributed by atoms with E-state index >= 15 is 0 Å². The molecule has 3 aromatic rings. The lowest BCUT2D eigenvalue weighted by molar-refractivity contribution is -0.140. The first-order chi connectivity index (χ1) is 20.6. The topological polar surface area (TPSA) is 105 Å². The third-order valence-electron chi connectivity index (χ3n) is 6.57. The molecule has 1 atom stereocenters. The van der Waals surface area contributed by atoms with Gasteiger partial charge in [0.2, 0.25) is 0 Å². The Balaban J connectivity index is 1.83. The zero-order valence-corrected chi connectivity index (χ0v) is 26.3. The number of hydrogen-bond donors (Lipinski definition) is 0. The summed E-state index contributed by atoms with van der Waals surface area (Å²) in [5, 5.41) is 0. The first-order valence-corrected chi connectivity index (χ1v) is 15.3. The number of ether oxygens (including phenoxy) is 4. The number of rotatable bonds is 12. The number of fused-ring (bicyclic) bond motifs is 1. The molecule has 0 fully saturated rings. The fourth-order valence-corrected chi connectivity index (χ4v) is 5.61. The van der Waals surface area contributed by atoms with E-state index in [9.17, 15) is 14.4 Å². The number of aromatic nitrogens is 1. The van der Waals surface area contributed by atoms with Crippen molar-refractivity contribution in [1.29, 1.82) is 0 Å². The first kappa shape index (κ1) is 31.7. The number of unbranched alkanes of at least 4 members (excludes halogenated alkanes) is 1. The highest BCUT2D eigenvalue weighted by Gasteiger charge is 2.34. The van der Waals surface area contributed by atoms with E-state index in [-0.39, 0.29) is 29.4 Å². The van der Waals surface area contributed by atoms with Crippen LogP contribution in [0.15, 0.2) is 63.5 Å². The van der Waals surface area contributed by atoms with Crippen molar-refractivity contribution in [1.82, 2.24) is 4.57 Å². The van der Waals surface area contributed by atoms with E-state index in [1.807, 2.05) is 51.1 Å². The van der Waals surface area contributed by atoms with Gasteiger partial charge in [0.1, 0.15) is 5.75 Å². The van der Waals surface area contributed by atoms with Gasteiger partial charge in [0.25, 0.3) is 5.56 Å². The third kappa shape index (κ3) is 7.62. The average Bonchev–Trinajstić information content (AvgIpc) is 3.26. The molecule has 0 aliphatic carbocycles. The second-order valence-electron chi connectivity index (χ2n) is 10.6. The molecule has 0 N–H and O–H groups in total. The lowest BCUT2D eigenvalue weighted by Crippen LogP contribution is -2.40. The molecular formula is C33H38N2O7S. The van der Waals surface area contributed by atoms with Crippen molar-refractivity contribution < 1.29 is 28.5 Å². The quantitative estimate of drug-likeness (QED) is 0.163. The Labute approximate surface area is 255 Å². The molecule has 1 aliphatic rings. The molecule has 1 aliphatic heterocycles. The van der Waals surface area contributed by atoms with Crippen LogP contribution in [0, 0.1) is 5.92 Å². The van der Waals surface area contributed by atoms with Gasteiger partial charge in [-0.1, -0.05) is 56.7 Å². The summed E-state index contributed by atoms with van der Waals surface area (Å²) in [5.41, 5.74) is 1.85. The second-order valence-corrected chi connectivity index (χ2v) is 11.6. The van der Waals surface area contributed by atoms with Gasteiger partial charge in [0, 0.05) is 6.92 Å². The Morgan fingerprint density at radius 2 is 1.81 bits per heavy atom.